The summed E-state index contributed by atoms with van der Waals surface area (Å²) < 4.78 is 1.92. The molecule has 1 atom stereocenters. The lowest BCUT2D eigenvalue weighted by atomic mass is 10.1. The van der Waals surface area contributed by atoms with Crippen LogP contribution in [0.3, 0.4) is 0 Å². The van der Waals surface area contributed by atoms with Crippen molar-refractivity contribution >= 4 is 16.9 Å². The van der Waals surface area contributed by atoms with E-state index in [0.29, 0.717) is 6.54 Å². The van der Waals surface area contributed by atoms with Gasteiger partial charge in [0.1, 0.15) is 6.04 Å². The van der Waals surface area contributed by atoms with Crippen molar-refractivity contribution in [2.24, 2.45) is 0 Å². The van der Waals surface area contributed by atoms with Crippen LogP contribution in [-0.4, -0.2) is 32.4 Å². The molecule has 0 aliphatic carbocycles. The predicted octanol–water partition coefficient (Wildman–Crippen LogP) is 2.96. The highest BCUT2D eigenvalue weighted by molar-refractivity contribution is 5.83. The van der Waals surface area contributed by atoms with Crippen molar-refractivity contribution in [1.29, 1.82) is 0 Å². The van der Waals surface area contributed by atoms with Crippen LogP contribution in [0, 0.1) is 6.92 Å². The molecule has 0 radical (unpaired) electrons. The highest BCUT2D eigenvalue weighted by atomic mass is 16.2. The van der Waals surface area contributed by atoms with Gasteiger partial charge in [0.05, 0.1) is 17.4 Å². The molecule has 0 fully saturated rings. The molecular weight excluding hydrogens is 288 g/mol. The lowest BCUT2D eigenvalue weighted by Gasteiger charge is -2.23. The van der Waals surface area contributed by atoms with Crippen molar-refractivity contribution in [3.8, 4) is 0 Å². The second-order valence-electron chi connectivity index (χ2n) is 5.81. The van der Waals surface area contributed by atoms with E-state index in [1.54, 1.807) is 17.4 Å². The molecule has 2 aromatic heterocycles. The zero-order valence-electron chi connectivity index (χ0n) is 13.6. The molecule has 1 aromatic carbocycles. The van der Waals surface area contributed by atoms with Gasteiger partial charge in [-0.2, -0.15) is 0 Å². The first-order valence-corrected chi connectivity index (χ1v) is 7.64. The molecule has 0 spiro atoms. The summed E-state index contributed by atoms with van der Waals surface area (Å²) >= 11 is 0. The lowest BCUT2D eigenvalue weighted by Crippen LogP contribution is -2.32. The van der Waals surface area contributed by atoms with E-state index in [4.69, 9.17) is 0 Å². The number of carbonyl (C=O) groups is 1. The molecule has 1 unspecified atom stereocenters. The number of nitrogens with zero attached hydrogens (tertiary/aromatic N) is 4. The van der Waals surface area contributed by atoms with E-state index in [2.05, 4.69) is 9.97 Å². The number of hydrogen-bond acceptors (Lipinski definition) is 3. The van der Waals surface area contributed by atoms with Crippen LogP contribution in [0.4, 0.5) is 0 Å². The van der Waals surface area contributed by atoms with Gasteiger partial charge in [-0.3, -0.25) is 9.78 Å². The van der Waals surface area contributed by atoms with E-state index in [1.165, 1.54) is 0 Å². The van der Waals surface area contributed by atoms with Crippen LogP contribution in [0.15, 0.2) is 49.1 Å². The number of fused-ring (bicyclic) bond motifs is 1. The number of hydrogen-bond donors (Lipinski definition) is 0. The van der Waals surface area contributed by atoms with Crippen LogP contribution >= 0.6 is 0 Å². The Morgan fingerprint density at radius 2 is 2.09 bits per heavy atom. The highest BCUT2D eigenvalue weighted by Gasteiger charge is 2.21. The zero-order chi connectivity index (χ0) is 16.4. The number of imidazole rings is 1. The monoisotopic (exact) mass is 308 g/mol. The first kappa shape index (κ1) is 15.2. The molecule has 3 aromatic rings. The summed E-state index contributed by atoms with van der Waals surface area (Å²) in [6.45, 7) is 4.49. The van der Waals surface area contributed by atoms with Gasteiger partial charge >= 0.3 is 0 Å². The van der Waals surface area contributed by atoms with Crippen molar-refractivity contribution in [1.82, 2.24) is 19.4 Å². The molecule has 0 aliphatic rings. The second kappa shape index (κ2) is 6.20. The third kappa shape index (κ3) is 2.95. The van der Waals surface area contributed by atoms with E-state index >= 15 is 0 Å². The molecule has 1 amide bonds. The van der Waals surface area contributed by atoms with Crippen molar-refractivity contribution in [2.75, 3.05) is 7.05 Å². The Hall–Kier alpha value is -2.69. The molecule has 23 heavy (non-hydrogen) atoms. The fourth-order valence-electron chi connectivity index (χ4n) is 2.74. The molecule has 118 valence electrons. The van der Waals surface area contributed by atoms with Gasteiger partial charge in [0.25, 0.3) is 0 Å². The number of aryl methyl sites for hydroxylation is 1. The van der Waals surface area contributed by atoms with Crippen LogP contribution in [0.1, 0.15) is 24.1 Å². The Morgan fingerprint density at radius 1 is 1.30 bits per heavy atom. The maximum Gasteiger partial charge on any atom is 0.245 e. The summed E-state index contributed by atoms with van der Waals surface area (Å²) in [4.78, 5) is 23.0. The fourth-order valence-corrected chi connectivity index (χ4v) is 2.74. The number of benzene rings is 1. The summed E-state index contributed by atoms with van der Waals surface area (Å²) in [5.41, 5.74) is 4.08. The minimum Gasteiger partial charge on any atom is -0.340 e. The SMILES string of the molecule is Cc1cnccc1CN(C)C(=O)C(C)n1cnc2ccccc21. The average Bonchev–Trinajstić information content (AvgIpc) is 2.99. The predicted molar refractivity (Wildman–Crippen MR) is 89.9 cm³/mol. The van der Waals surface area contributed by atoms with Crippen LogP contribution in [0.2, 0.25) is 0 Å². The van der Waals surface area contributed by atoms with Gasteiger partial charge in [0, 0.05) is 26.0 Å². The van der Waals surface area contributed by atoms with E-state index in [9.17, 15) is 4.79 Å². The Morgan fingerprint density at radius 3 is 2.87 bits per heavy atom. The van der Waals surface area contributed by atoms with E-state index < -0.39 is 0 Å². The summed E-state index contributed by atoms with van der Waals surface area (Å²) in [5, 5.41) is 0. The minimum absolute atomic E-state index is 0.0596. The number of rotatable bonds is 4. The topological polar surface area (TPSA) is 51.0 Å². The Bertz CT molecular complexity index is 840. The number of likely N-dealkylation sites (N-methyl/N-ethyl adjacent to an activating group) is 1. The van der Waals surface area contributed by atoms with Crippen molar-refractivity contribution in [3.05, 3.63) is 60.2 Å². The quantitative estimate of drug-likeness (QED) is 0.744. The smallest absolute Gasteiger partial charge is 0.245 e. The first-order valence-electron chi connectivity index (χ1n) is 7.64. The molecule has 5 heteroatoms. The number of aromatic nitrogens is 3. The zero-order valence-corrected chi connectivity index (χ0v) is 13.6. The molecule has 0 aliphatic heterocycles. The van der Waals surface area contributed by atoms with Crippen LogP contribution in [0.25, 0.3) is 11.0 Å². The Balaban J connectivity index is 1.80. The molecule has 0 saturated heterocycles. The standard InChI is InChI=1S/C18H20N4O/c1-13-10-19-9-8-15(13)11-21(3)18(23)14(2)22-12-20-16-6-4-5-7-17(16)22/h4-10,12,14H,11H2,1-3H3. The highest BCUT2D eigenvalue weighted by Crippen LogP contribution is 2.19. The number of carbonyl (C=O) groups excluding carboxylic acids is 1. The third-order valence-electron chi connectivity index (χ3n) is 4.18. The van der Waals surface area contributed by atoms with Gasteiger partial charge in [-0.1, -0.05) is 12.1 Å². The average molecular weight is 308 g/mol. The van der Waals surface area contributed by atoms with Crippen molar-refractivity contribution in [2.45, 2.75) is 26.4 Å². The van der Waals surface area contributed by atoms with Gasteiger partial charge in [-0.05, 0) is 43.2 Å². The van der Waals surface area contributed by atoms with E-state index in [1.807, 2.05) is 62.0 Å². The summed E-state index contributed by atoms with van der Waals surface area (Å²) in [6.07, 6.45) is 5.31. The van der Waals surface area contributed by atoms with Crippen LogP contribution in [0.5, 0.6) is 0 Å². The van der Waals surface area contributed by atoms with Gasteiger partial charge < -0.3 is 9.47 Å². The molecular formula is C18H20N4O. The van der Waals surface area contributed by atoms with Crippen molar-refractivity contribution in [3.63, 3.8) is 0 Å². The summed E-state index contributed by atoms with van der Waals surface area (Å²) in [7, 11) is 1.83. The van der Waals surface area contributed by atoms with Gasteiger partial charge in [-0.15, -0.1) is 0 Å². The van der Waals surface area contributed by atoms with Gasteiger partial charge in [0.15, 0.2) is 0 Å². The van der Waals surface area contributed by atoms with Gasteiger partial charge in [-0.25, -0.2) is 4.98 Å². The number of pyridine rings is 1. The number of amides is 1. The maximum absolute atomic E-state index is 12.8. The largest absolute Gasteiger partial charge is 0.340 e. The van der Waals surface area contributed by atoms with Crippen LogP contribution in [-0.2, 0) is 11.3 Å². The first-order chi connectivity index (χ1) is 11.1. The van der Waals surface area contributed by atoms with E-state index in [0.717, 1.165) is 22.2 Å². The molecule has 2 heterocycles. The minimum atomic E-state index is -0.297. The molecule has 5 nitrogen and oxygen atoms in total. The fraction of sp³-hybridized carbons (Fsp3) is 0.278. The van der Waals surface area contributed by atoms with Crippen molar-refractivity contribution < 1.29 is 4.79 Å². The molecule has 0 saturated carbocycles. The normalized spacial score (nSPS) is 12.3. The third-order valence-corrected chi connectivity index (χ3v) is 4.18. The molecule has 3 rings (SSSR count). The molecule has 0 N–H and O–H groups in total. The van der Waals surface area contributed by atoms with Gasteiger partial charge in [0.2, 0.25) is 5.91 Å². The Kier molecular flexibility index (Phi) is 4.10. The Labute approximate surface area is 135 Å². The van der Waals surface area contributed by atoms with E-state index in [-0.39, 0.29) is 11.9 Å². The maximum atomic E-state index is 12.8. The molecule has 0 bridgehead atoms. The lowest BCUT2D eigenvalue weighted by molar-refractivity contribution is -0.133. The second-order valence-corrected chi connectivity index (χ2v) is 5.81. The number of para-hydroxylation sites is 2. The summed E-state index contributed by atoms with van der Waals surface area (Å²) in [6, 6.07) is 9.50. The van der Waals surface area contributed by atoms with Crippen LogP contribution < -0.4 is 0 Å². The summed E-state index contributed by atoms with van der Waals surface area (Å²) in [5.74, 6) is 0.0596.